The highest BCUT2D eigenvalue weighted by molar-refractivity contribution is 6.74. The lowest BCUT2D eigenvalue weighted by atomic mass is 10.2. The van der Waals surface area contributed by atoms with Gasteiger partial charge in [-0.25, -0.2) is 4.79 Å². The molecule has 0 aliphatic carbocycles. The summed E-state index contributed by atoms with van der Waals surface area (Å²) in [5.74, 6) is -0.454. The van der Waals surface area contributed by atoms with Crippen LogP contribution in [0.1, 0.15) is 48.0 Å². The fraction of sp³-hybridized carbons (Fsp3) is 0.857. The number of rotatable bonds is 5. The van der Waals surface area contributed by atoms with Crippen LogP contribution in [-0.2, 0) is 18.8 Å². The van der Waals surface area contributed by atoms with Gasteiger partial charge in [-0.3, -0.25) is 0 Å². The van der Waals surface area contributed by atoms with Gasteiger partial charge in [0, 0.05) is 6.42 Å². The normalized spacial score (nSPS) is 14.9. The molecule has 0 aliphatic rings. The smallest absolute Gasteiger partial charge is 0.334 e. The molecular weight excluding hydrogens is 260 g/mol. The second kappa shape index (κ2) is 6.18. The summed E-state index contributed by atoms with van der Waals surface area (Å²) >= 11 is 0. The number of ether oxygens (including phenoxy) is 1. The van der Waals surface area contributed by atoms with Crippen molar-refractivity contribution in [2.75, 3.05) is 0 Å². The lowest BCUT2D eigenvalue weighted by Gasteiger charge is -2.38. The fourth-order valence-corrected chi connectivity index (χ4v) is 2.44. The Morgan fingerprint density at radius 3 is 1.95 bits per heavy atom. The third-order valence-electron chi connectivity index (χ3n) is 3.22. The van der Waals surface area contributed by atoms with Gasteiger partial charge in [0.25, 0.3) is 0 Å². The monoisotopic (exact) mass is 288 g/mol. The largest absolute Gasteiger partial charge is 0.458 e. The first-order valence-electron chi connectivity index (χ1n) is 6.64. The number of aldehydes is 1. The van der Waals surface area contributed by atoms with E-state index in [4.69, 9.17) is 9.16 Å². The Balaban J connectivity index is 4.94. The molecule has 0 aromatic carbocycles. The van der Waals surface area contributed by atoms with E-state index in [0.29, 0.717) is 6.29 Å². The van der Waals surface area contributed by atoms with E-state index in [1.165, 1.54) is 0 Å². The molecule has 0 rings (SSSR count). The summed E-state index contributed by atoms with van der Waals surface area (Å²) in [6.45, 7) is 15.8. The van der Waals surface area contributed by atoms with E-state index in [-0.39, 0.29) is 11.5 Å². The first-order chi connectivity index (χ1) is 8.30. The second-order valence-corrected chi connectivity index (χ2v) is 12.1. The molecule has 0 amide bonds. The van der Waals surface area contributed by atoms with Crippen LogP contribution in [0.3, 0.4) is 0 Å². The highest BCUT2D eigenvalue weighted by Gasteiger charge is 2.41. The second-order valence-electron chi connectivity index (χ2n) is 7.30. The summed E-state index contributed by atoms with van der Waals surface area (Å²) < 4.78 is 11.3. The molecule has 0 aliphatic heterocycles. The Bertz CT molecular complexity index is 323. The van der Waals surface area contributed by atoms with Crippen molar-refractivity contribution in [1.82, 2.24) is 0 Å². The van der Waals surface area contributed by atoms with Crippen LogP contribution in [0.4, 0.5) is 0 Å². The molecule has 4 nitrogen and oxygen atoms in total. The van der Waals surface area contributed by atoms with Crippen LogP contribution in [0, 0.1) is 0 Å². The molecule has 0 spiro atoms. The summed E-state index contributed by atoms with van der Waals surface area (Å²) in [6.07, 6.45) is -0.0407. The van der Waals surface area contributed by atoms with E-state index in [1.807, 2.05) is 0 Å². The lowest BCUT2D eigenvalue weighted by molar-refractivity contribution is -0.164. The summed E-state index contributed by atoms with van der Waals surface area (Å²) in [7, 11) is -2.10. The summed E-state index contributed by atoms with van der Waals surface area (Å²) in [6, 6.07) is 0. The molecular formula is C14H28O4Si. The van der Waals surface area contributed by atoms with Crippen molar-refractivity contribution in [3.63, 3.8) is 0 Å². The Morgan fingerprint density at radius 1 is 1.16 bits per heavy atom. The number of hydrogen-bond acceptors (Lipinski definition) is 4. The third kappa shape index (κ3) is 6.34. The molecule has 19 heavy (non-hydrogen) atoms. The van der Waals surface area contributed by atoms with Gasteiger partial charge in [-0.05, 0) is 38.9 Å². The summed E-state index contributed by atoms with van der Waals surface area (Å²) in [4.78, 5) is 22.8. The zero-order valence-electron chi connectivity index (χ0n) is 13.5. The van der Waals surface area contributed by atoms with Crippen LogP contribution in [0.5, 0.6) is 0 Å². The van der Waals surface area contributed by atoms with E-state index in [1.54, 1.807) is 20.8 Å². The average Bonchev–Trinajstić information content (AvgIpc) is 2.12. The van der Waals surface area contributed by atoms with Crippen molar-refractivity contribution in [3.8, 4) is 0 Å². The molecule has 1 atom stereocenters. The van der Waals surface area contributed by atoms with E-state index >= 15 is 0 Å². The number of hydrogen-bond donors (Lipinski definition) is 0. The average molecular weight is 288 g/mol. The SMILES string of the molecule is CC(C)(C)OC(=O)[C@H](CC=O)O[Si](C)(C)C(C)(C)C. The maximum atomic E-state index is 12.1. The van der Waals surface area contributed by atoms with Gasteiger partial charge >= 0.3 is 5.97 Å². The molecule has 0 fully saturated rings. The Hall–Kier alpha value is -0.683. The highest BCUT2D eigenvalue weighted by atomic mass is 28.4. The van der Waals surface area contributed by atoms with Crippen molar-refractivity contribution in [2.24, 2.45) is 0 Å². The van der Waals surface area contributed by atoms with Crippen molar-refractivity contribution in [1.29, 1.82) is 0 Å². The van der Waals surface area contributed by atoms with Crippen LogP contribution >= 0.6 is 0 Å². The number of carbonyl (C=O) groups excluding carboxylic acids is 2. The van der Waals surface area contributed by atoms with Gasteiger partial charge in [-0.15, -0.1) is 0 Å². The first-order valence-corrected chi connectivity index (χ1v) is 9.55. The van der Waals surface area contributed by atoms with Crippen LogP contribution in [0.25, 0.3) is 0 Å². The highest BCUT2D eigenvalue weighted by Crippen LogP contribution is 2.37. The van der Waals surface area contributed by atoms with Gasteiger partial charge in [0.2, 0.25) is 0 Å². The minimum Gasteiger partial charge on any atom is -0.458 e. The van der Waals surface area contributed by atoms with E-state index in [9.17, 15) is 9.59 Å². The van der Waals surface area contributed by atoms with Crippen LogP contribution in [0.2, 0.25) is 18.1 Å². The van der Waals surface area contributed by atoms with E-state index in [2.05, 4.69) is 33.9 Å². The molecule has 0 radical (unpaired) electrons. The molecule has 0 aromatic rings. The van der Waals surface area contributed by atoms with Crippen LogP contribution in [0.15, 0.2) is 0 Å². The number of esters is 1. The Morgan fingerprint density at radius 2 is 1.63 bits per heavy atom. The molecule has 0 unspecified atom stereocenters. The molecule has 0 heterocycles. The Labute approximate surface area is 118 Å². The fourth-order valence-electron chi connectivity index (χ4n) is 1.18. The minimum absolute atomic E-state index is 0.0177. The van der Waals surface area contributed by atoms with E-state index < -0.39 is 26.0 Å². The zero-order valence-corrected chi connectivity index (χ0v) is 14.5. The summed E-state index contributed by atoms with van der Waals surface area (Å²) in [5.41, 5.74) is -0.574. The van der Waals surface area contributed by atoms with Gasteiger partial charge in [0.05, 0.1) is 0 Å². The van der Waals surface area contributed by atoms with E-state index in [0.717, 1.165) is 0 Å². The molecule has 0 saturated carbocycles. The predicted octanol–water partition coefficient (Wildman–Crippen LogP) is 3.31. The lowest BCUT2D eigenvalue weighted by Crippen LogP contribution is -2.47. The maximum Gasteiger partial charge on any atom is 0.334 e. The van der Waals surface area contributed by atoms with Crippen molar-refractivity contribution in [3.05, 3.63) is 0 Å². The zero-order chi connectivity index (χ0) is 15.5. The molecule has 0 bridgehead atoms. The van der Waals surface area contributed by atoms with Gasteiger partial charge in [-0.2, -0.15) is 0 Å². The third-order valence-corrected chi connectivity index (χ3v) is 7.71. The first kappa shape index (κ1) is 18.3. The standard InChI is InChI=1S/C14H28O4Si/c1-13(2,3)17-12(16)11(9-10-15)18-19(7,8)14(4,5)6/h10-11H,9H2,1-8H3/t11-/m0/s1. The maximum absolute atomic E-state index is 12.1. The van der Waals surface area contributed by atoms with Gasteiger partial charge in [-0.1, -0.05) is 20.8 Å². The van der Waals surface area contributed by atoms with Crippen molar-refractivity contribution >= 4 is 20.6 Å². The molecule has 5 heteroatoms. The topological polar surface area (TPSA) is 52.6 Å². The van der Waals surface area contributed by atoms with Crippen LogP contribution < -0.4 is 0 Å². The van der Waals surface area contributed by atoms with Crippen molar-refractivity contribution in [2.45, 2.75) is 77.8 Å². The van der Waals surface area contributed by atoms with Crippen LogP contribution in [-0.4, -0.2) is 32.3 Å². The Kier molecular flexibility index (Phi) is 5.96. The van der Waals surface area contributed by atoms with Gasteiger partial charge in [0.15, 0.2) is 8.32 Å². The summed E-state index contributed by atoms with van der Waals surface area (Å²) in [5, 5.41) is -0.0177. The predicted molar refractivity (Wildman–Crippen MR) is 78.6 cm³/mol. The van der Waals surface area contributed by atoms with Gasteiger partial charge < -0.3 is 14.0 Å². The molecule has 0 saturated heterocycles. The number of carbonyl (C=O) groups is 2. The molecule has 112 valence electrons. The van der Waals surface area contributed by atoms with Crippen molar-refractivity contribution < 1.29 is 18.8 Å². The quantitative estimate of drug-likeness (QED) is 0.442. The van der Waals surface area contributed by atoms with Gasteiger partial charge in [0.1, 0.15) is 18.0 Å². The molecule has 0 aromatic heterocycles. The molecule has 0 N–H and O–H groups in total. The minimum atomic E-state index is -2.10.